The second-order valence-electron chi connectivity index (χ2n) is 8.22. The maximum absolute atomic E-state index is 11.1. The summed E-state index contributed by atoms with van der Waals surface area (Å²) in [6.07, 6.45) is 5.08. The maximum atomic E-state index is 11.1. The summed E-state index contributed by atoms with van der Waals surface area (Å²) in [6.45, 7) is 12.3. The van der Waals surface area contributed by atoms with Crippen molar-refractivity contribution < 1.29 is 19.4 Å². The first kappa shape index (κ1) is 25.5. The first-order valence-electron chi connectivity index (χ1n) is 11.6. The Morgan fingerprint density at radius 2 is 1.75 bits per heavy atom. The number of hydrogen-bond donors (Lipinski definition) is 1. The third-order valence-electron chi connectivity index (χ3n) is 5.07. The average molecular weight is 440 g/mol. The largest absolute Gasteiger partial charge is 0.491 e. The number of carboxylic acid groups (broad SMARTS) is 1. The number of aliphatic carboxylic acids is 1. The molecule has 1 N–H and O–H groups in total. The van der Waals surface area contributed by atoms with Crippen LogP contribution in [0, 0.1) is 5.92 Å². The quantitative estimate of drug-likeness (QED) is 0.283. The van der Waals surface area contributed by atoms with E-state index in [1.54, 1.807) is 6.08 Å². The molecule has 0 aliphatic carbocycles. The molecule has 0 fully saturated rings. The van der Waals surface area contributed by atoms with Gasteiger partial charge < -0.3 is 19.5 Å². The molecule has 2 rings (SSSR count). The van der Waals surface area contributed by atoms with Crippen LogP contribution < -0.4 is 9.64 Å². The summed E-state index contributed by atoms with van der Waals surface area (Å²) in [5.41, 5.74) is 4.04. The lowest BCUT2D eigenvalue weighted by molar-refractivity contribution is -0.131. The second kappa shape index (κ2) is 13.6. The Balaban J connectivity index is 2.16. The van der Waals surface area contributed by atoms with E-state index in [4.69, 9.17) is 14.6 Å². The lowest BCUT2D eigenvalue weighted by Crippen LogP contribution is -2.27. The van der Waals surface area contributed by atoms with Crippen LogP contribution >= 0.6 is 0 Å². The minimum atomic E-state index is -0.951. The van der Waals surface area contributed by atoms with Gasteiger partial charge in [-0.2, -0.15) is 0 Å². The van der Waals surface area contributed by atoms with Crippen LogP contribution in [0.1, 0.15) is 46.1 Å². The third kappa shape index (κ3) is 8.39. The van der Waals surface area contributed by atoms with Crippen LogP contribution in [-0.4, -0.2) is 44.0 Å². The molecular formula is C27H37NO4. The van der Waals surface area contributed by atoms with E-state index in [9.17, 15) is 4.79 Å². The molecule has 0 spiro atoms. The maximum Gasteiger partial charge on any atom is 0.328 e. The number of nitrogens with zero attached hydrogens (tertiary/aromatic N) is 1. The summed E-state index contributed by atoms with van der Waals surface area (Å²) in [7, 11) is 0. The van der Waals surface area contributed by atoms with Crippen molar-refractivity contribution in [3.05, 3.63) is 54.1 Å². The van der Waals surface area contributed by atoms with Gasteiger partial charge in [-0.25, -0.2) is 4.79 Å². The van der Waals surface area contributed by atoms with E-state index in [1.165, 1.54) is 6.08 Å². The van der Waals surface area contributed by atoms with Crippen molar-refractivity contribution in [1.82, 2.24) is 0 Å². The van der Waals surface area contributed by atoms with E-state index >= 15 is 0 Å². The van der Waals surface area contributed by atoms with Gasteiger partial charge in [-0.3, -0.25) is 0 Å². The third-order valence-corrected chi connectivity index (χ3v) is 5.07. The molecule has 0 unspecified atom stereocenters. The van der Waals surface area contributed by atoms with Gasteiger partial charge in [0.05, 0.1) is 6.61 Å². The van der Waals surface area contributed by atoms with Crippen LogP contribution in [0.5, 0.6) is 5.75 Å². The summed E-state index contributed by atoms with van der Waals surface area (Å²) in [5.74, 6) is 0.369. The van der Waals surface area contributed by atoms with E-state index in [0.29, 0.717) is 19.1 Å². The SMILES string of the molecule is CCCCOCCOc1ccc(-c2ccc(N(CC)CC(C)C)c(C=CC(=O)O)c2)cc1. The number of ether oxygens (including phenoxy) is 2. The van der Waals surface area contributed by atoms with Gasteiger partial charge in [-0.15, -0.1) is 0 Å². The van der Waals surface area contributed by atoms with Crippen LogP contribution in [0.3, 0.4) is 0 Å². The van der Waals surface area contributed by atoms with Crippen molar-refractivity contribution in [1.29, 1.82) is 0 Å². The highest BCUT2D eigenvalue weighted by molar-refractivity contribution is 5.88. The molecule has 2 aromatic carbocycles. The fourth-order valence-electron chi connectivity index (χ4n) is 3.47. The Hall–Kier alpha value is -2.79. The molecule has 2 aromatic rings. The Morgan fingerprint density at radius 3 is 2.38 bits per heavy atom. The fraction of sp³-hybridized carbons (Fsp3) is 0.444. The molecule has 0 radical (unpaired) electrons. The van der Waals surface area contributed by atoms with E-state index in [-0.39, 0.29) is 0 Å². The van der Waals surface area contributed by atoms with E-state index in [1.807, 2.05) is 24.3 Å². The summed E-state index contributed by atoms with van der Waals surface area (Å²) in [5, 5.41) is 9.13. The molecule has 0 bridgehead atoms. The summed E-state index contributed by atoms with van der Waals surface area (Å²) in [6, 6.07) is 14.2. The van der Waals surface area contributed by atoms with Gasteiger partial charge >= 0.3 is 5.97 Å². The molecule has 0 aliphatic rings. The number of benzene rings is 2. The number of unbranched alkanes of at least 4 members (excludes halogenated alkanes) is 1. The van der Waals surface area contributed by atoms with Crippen molar-refractivity contribution >= 4 is 17.7 Å². The van der Waals surface area contributed by atoms with Gasteiger partial charge in [0.25, 0.3) is 0 Å². The standard InChI is InChI=1S/C27H37NO4/c1-5-7-16-31-17-18-32-25-12-8-22(9-13-25)23-10-14-26(28(6-2)20-21(3)4)24(19-23)11-15-27(29)30/h8-15,19,21H,5-7,16-18,20H2,1-4H3,(H,29,30). The number of carboxylic acids is 1. The van der Waals surface area contributed by atoms with E-state index in [2.05, 4.69) is 50.8 Å². The summed E-state index contributed by atoms with van der Waals surface area (Å²) in [4.78, 5) is 13.4. The molecule has 32 heavy (non-hydrogen) atoms. The molecule has 0 atom stereocenters. The zero-order valence-corrected chi connectivity index (χ0v) is 19.8. The number of rotatable bonds is 14. The van der Waals surface area contributed by atoms with Crippen LogP contribution in [0.2, 0.25) is 0 Å². The predicted molar refractivity (Wildman–Crippen MR) is 132 cm³/mol. The van der Waals surface area contributed by atoms with Crippen molar-refractivity contribution in [2.24, 2.45) is 5.92 Å². The monoisotopic (exact) mass is 439 g/mol. The molecule has 174 valence electrons. The van der Waals surface area contributed by atoms with Crippen LogP contribution in [0.4, 0.5) is 5.69 Å². The number of hydrogen-bond acceptors (Lipinski definition) is 4. The molecule has 5 nitrogen and oxygen atoms in total. The zero-order chi connectivity index (χ0) is 23.3. The zero-order valence-electron chi connectivity index (χ0n) is 19.8. The van der Waals surface area contributed by atoms with Crippen molar-refractivity contribution in [3.63, 3.8) is 0 Å². The molecule has 0 saturated carbocycles. The fourth-order valence-corrected chi connectivity index (χ4v) is 3.47. The Labute approximate surface area is 192 Å². The molecule has 0 amide bonds. The lowest BCUT2D eigenvalue weighted by atomic mass is 10.00. The van der Waals surface area contributed by atoms with Gasteiger partial charge in [-0.05, 0) is 66.3 Å². The number of carbonyl (C=O) groups is 1. The Bertz CT molecular complexity index is 858. The number of anilines is 1. The van der Waals surface area contributed by atoms with E-state index in [0.717, 1.165) is 60.7 Å². The minimum Gasteiger partial charge on any atom is -0.491 e. The predicted octanol–water partition coefficient (Wildman–Crippen LogP) is 6.13. The Kier molecular flexibility index (Phi) is 10.8. The topological polar surface area (TPSA) is 59.0 Å². The first-order chi connectivity index (χ1) is 15.4. The molecule has 0 saturated heterocycles. The van der Waals surface area contributed by atoms with Gasteiger partial charge in [0.1, 0.15) is 12.4 Å². The van der Waals surface area contributed by atoms with Crippen LogP contribution in [-0.2, 0) is 9.53 Å². The van der Waals surface area contributed by atoms with Gasteiger partial charge in [0, 0.05) is 31.5 Å². The van der Waals surface area contributed by atoms with E-state index < -0.39 is 5.97 Å². The highest BCUT2D eigenvalue weighted by Gasteiger charge is 2.12. The normalized spacial score (nSPS) is 11.3. The van der Waals surface area contributed by atoms with Crippen molar-refractivity contribution in [2.75, 3.05) is 37.8 Å². The molecule has 5 heteroatoms. The first-order valence-corrected chi connectivity index (χ1v) is 11.6. The Morgan fingerprint density at radius 1 is 1.03 bits per heavy atom. The van der Waals surface area contributed by atoms with Gasteiger partial charge in [-0.1, -0.05) is 45.4 Å². The summed E-state index contributed by atoms with van der Waals surface area (Å²) < 4.78 is 11.3. The summed E-state index contributed by atoms with van der Waals surface area (Å²) >= 11 is 0. The molecular weight excluding hydrogens is 402 g/mol. The van der Waals surface area contributed by atoms with Crippen molar-refractivity contribution in [3.8, 4) is 16.9 Å². The average Bonchev–Trinajstić information content (AvgIpc) is 2.78. The highest BCUT2D eigenvalue weighted by atomic mass is 16.5. The van der Waals surface area contributed by atoms with Crippen LogP contribution in [0.25, 0.3) is 17.2 Å². The minimum absolute atomic E-state index is 0.510. The van der Waals surface area contributed by atoms with Gasteiger partial charge in [0.15, 0.2) is 0 Å². The smallest absolute Gasteiger partial charge is 0.328 e. The molecule has 0 heterocycles. The second-order valence-corrected chi connectivity index (χ2v) is 8.22. The molecule has 0 aliphatic heterocycles. The van der Waals surface area contributed by atoms with Gasteiger partial charge in [0.2, 0.25) is 0 Å². The lowest BCUT2D eigenvalue weighted by Gasteiger charge is -2.27. The highest BCUT2D eigenvalue weighted by Crippen LogP contribution is 2.30. The van der Waals surface area contributed by atoms with Crippen molar-refractivity contribution in [2.45, 2.75) is 40.5 Å². The molecule has 0 aromatic heterocycles. The van der Waals surface area contributed by atoms with Crippen LogP contribution in [0.15, 0.2) is 48.5 Å².